The number of halogens is 1. The van der Waals surface area contributed by atoms with Gasteiger partial charge < -0.3 is 10.9 Å². The van der Waals surface area contributed by atoms with E-state index in [9.17, 15) is 0 Å². The number of thioether (sulfide) groups is 1. The van der Waals surface area contributed by atoms with Gasteiger partial charge in [0.25, 0.3) is 0 Å². The van der Waals surface area contributed by atoms with E-state index in [0.717, 1.165) is 23.1 Å². The zero-order chi connectivity index (χ0) is 11.8. The maximum Gasteiger partial charge on any atom is 0.139 e. The van der Waals surface area contributed by atoms with E-state index >= 15 is 0 Å². The van der Waals surface area contributed by atoms with Gasteiger partial charge in [-0.2, -0.15) is 0 Å². The average molecular weight is 303 g/mol. The summed E-state index contributed by atoms with van der Waals surface area (Å²) < 4.78 is 1.11. The molecule has 1 aromatic carbocycles. The minimum Gasteiger partial charge on any atom is -0.409 e. The second kappa shape index (κ2) is 7.57. The Labute approximate surface area is 108 Å². The Bertz CT molecular complexity index is 358. The summed E-state index contributed by atoms with van der Waals surface area (Å²) in [6.07, 6.45) is 2.68. The number of amidine groups is 1. The largest absolute Gasteiger partial charge is 0.409 e. The molecule has 0 unspecified atom stereocenters. The normalized spacial score (nSPS) is 11.7. The third-order valence-electron chi connectivity index (χ3n) is 2.02. The van der Waals surface area contributed by atoms with E-state index in [0.29, 0.717) is 12.3 Å². The van der Waals surface area contributed by atoms with Gasteiger partial charge >= 0.3 is 0 Å². The van der Waals surface area contributed by atoms with Gasteiger partial charge in [-0.15, -0.1) is 11.8 Å². The molecular formula is C11H15BrN2OS. The van der Waals surface area contributed by atoms with Crippen molar-refractivity contribution in [3.63, 3.8) is 0 Å². The molecule has 3 N–H and O–H groups in total. The summed E-state index contributed by atoms with van der Waals surface area (Å²) in [5, 5.41) is 11.3. The summed E-state index contributed by atoms with van der Waals surface area (Å²) in [7, 11) is 0. The van der Waals surface area contributed by atoms with Crippen molar-refractivity contribution in [2.45, 2.75) is 24.2 Å². The monoisotopic (exact) mass is 302 g/mol. The lowest BCUT2D eigenvalue weighted by Gasteiger charge is -2.02. The Balaban J connectivity index is 2.16. The molecule has 1 aromatic rings. The number of nitrogens with two attached hydrogens (primary N) is 1. The molecule has 0 saturated carbocycles. The van der Waals surface area contributed by atoms with Gasteiger partial charge in [0.2, 0.25) is 0 Å². The first-order valence-corrected chi connectivity index (χ1v) is 6.85. The highest BCUT2D eigenvalue weighted by Crippen LogP contribution is 2.22. The van der Waals surface area contributed by atoms with Crippen molar-refractivity contribution in [2.75, 3.05) is 5.75 Å². The van der Waals surface area contributed by atoms with Crippen LogP contribution in [0.2, 0.25) is 0 Å². The molecule has 88 valence electrons. The van der Waals surface area contributed by atoms with Gasteiger partial charge in [-0.1, -0.05) is 27.2 Å². The van der Waals surface area contributed by atoms with Gasteiger partial charge in [0.1, 0.15) is 5.84 Å². The molecule has 0 saturated heterocycles. The first kappa shape index (κ1) is 13.4. The second-order valence-corrected chi connectivity index (χ2v) is 5.44. The quantitative estimate of drug-likeness (QED) is 0.211. The lowest BCUT2D eigenvalue weighted by molar-refractivity contribution is 0.316. The molecule has 0 radical (unpaired) electrons. The van der Waals surface area contributed by atoms with Crippen LogP contribution < -0.4 is 5.73 Å². The van der Waals surface area contributed by atoms with Gasteiger partial charge in [0.05, 0.1) is 0 Å². The molecular weight excluding hydrogens is 288 g/mol. The fraction of sp³-hybridized carbons (Fsp3) is 0.364. The van der Waals surface area contributed by atoms with E-state index in [1.54, 1.807) is 0 Å². The van der Waals surface area contributed by atoms with Gasteiger partial charge in [0.15, 0.2) is 0 Å². The van der Waals surface area contributed by atoms with E-state index < -0.39 is 0 Å². The van der Waals surface area contributed by atoms with Crippen LogP contribution in [0.4, 0.5) is 0 Å². The molecule has 0 atom stereocenters. The number of hydrogen-bond acceptors (Lipinski definition) is 3. The molecule has 0 aromatic heterocycles. The Morgan fingerprint density at radius 1 is 1.44 bits per heavy atom. The summed E-state index contributed by atoms with van der Waals surface area (Å²) in [5.41, 5.74) is 5.37. The summed E-state index contributed by atoms with van der Waals surface area (Å²) in [4.78, 5) is 1.26. The van der Waals surface area contributed by atoms with Gasteiger partial charge in [-0.05, 0) is 36.8 Å². The van der Waals surface area contributed by atoms with Crippen molar-refractivity contribution >= 4 is 33.5 Å². The zero-order valence-corrected chi connectivity index (χ0v) is 11.3. The highest BCUT2D eigenvalue weighted by molar-refractivity contribution is 9.10. The maximum atomic E-state index is 8.35. The van der Waals surface area contributed by atoms with E-state index in [2.05, 4.69) is 33.2 Å². The minimum absolute atomic E-state index is 0.312. The highest BCUT2D eigenvalue weighted by Gasteiger charge is 1.97. The Morgan fingerprint density at radius 3 is 2.94 bits per heavy atom. The third kappa shape index (κ3) is 5.42. The van der Waals surface area contributed by atoms with Crippen LogP contribution in [0.5, 0.6) is 0 Å². The summed E-state index contributed by atoms with van der Waals surface area (Å²) in [6.45, 7) is 0. The van der Waals surface area contributed by atoms with Gasteiger partial charge in [0, 0.05) is 15.8 Å². The van der Waals surface area contributed by atoms with Crippen LogP contribution in [0.15, 0.2) is 38.8 Å². The van der Waals surface area contributed by atoms with Crippen molar-refractivity contribution in [3.05, 3.63) is 28.7 Å². The molecule has 0 aliphatic rings. The molecule has 0 fully saturated rings. The Hall–Kier alpha value is -0.680. The van der Waals surface area contributed by atoms with E-state index in [1.165, 1.54) is 4.90 Å². The van der Waals surface area contributed by atoms with Crippen LogP contribution in [0.1, 0.15) is 19.3 Å². The summed E-state index contributed by atoms with van der Waals surface area (Å²) in [5.74, 6) is 1.36. The van der Waals surface area contributed by atoms with Crippen molar-refractivity contribution in [2.24, 2.45) is 10.9 Å². The predicted octanol–water partition coefficient (Wildman–Crippen LogP) is 3.46. The molecule has 0 spiro atoms. The van der Waals surface area contributed by atoms with Gasteiger partial charge in [-0.25, -0.2) is 0 Å². The fourth-order valence-electron chi connectivity index (χ4n) is 1.20. The van der Waals surface area contributed by atoms with Crippen molar-refractivity contribution < 1.29 is 5.21 Å². The number of oxime groups is 1. The molecule has 16 heavy (non-hydrogen) atoms. The smallest absolute Gasteiger partial charge is 0.139 e. The fourth-order valence-corrected chi connectivity index (χ4v) is 2.73. The predicted molar refractivity (Wildman–Crippen MR) is 72.1 cm³/mol. The van der Waals surface area contributed by atoms with Crippen molar-refractivity contribution in [3.8, 4) is 0 Å². The SMILES string of the molecule is NC(CCCCSc1cccc(Br)c1)=NO. The Kier molecular flexibility index (Phi) is 6.33. The molecule has 0 heterocycles. The number of benzene rings is 1. The molecule has 5 heteroatoms. The summed E-state index contributed by atoms with van der Waals surface area (Å²) in [6, 6.07) is 8.25. The van der Waals surface area contributed by atoms with E-state index in [-0.39, 0.29) is 0 Å². The maximum absolute atomic E-state index is 8.35. The Morgan fingerprint density at radius 2 is 2.25 bits per heavy atom. The van der Waals surface area contributed by atoms with Crippen LogP contribution in [0, 0.1) is 0 Å². The topological polar surface area (TPSA) is 58.6 Å². The molecule has 0 aliphatic carbocycles. The van der Waals surface area contributed by atoms with Crippen LogP contribution >= 0.6 is 27.7 Å². The molecule has 1 rings (SSSR count). The van der Waals surface area contributed by atoms with E-state index in [4.69, 9.17) is 10.9 Å². The lowest BCUT2D eigenvalue weighted by atomic mass is 10.2. The number of nitrogens with zero attached hydrogens (tertiary/aromatic N) is 1. The van der Waals surface area contributed by atoms with Crippen LogP contribution in [0.3, 0.4) is 0 Å². The van der Waals surface area contributed by atoms with Crippen molar-refractivity contribution in [1.29, 1.82) is 0 Å². The first-order valence-electron chi connectivity index (χ1n) is 5.07. The zero-order valence-electron chi connectivity index (χ0n) is 8.90. The molecule has 0 aliphatic heterocycles. The molecule has 0 bridgehead atoms. The third-order valence-corrected chi connectivity index (χ3v) is 3.59. The standard InChI is InChI=1S/C11H15BrN2OS/c12-9-4-3-5-10(8-9)16-7-2-1-6-11(13)14-15/h3-5,8,15H,1-2,6-7H2,(H2,13,14). The second-order valence-electron chi connectivity index (χ2n) is 3.35. The molecule has 0 amide bonds. The van der Waals surface area contributed by atoms with Gasteiger partial charge in [-0.3, -0.25) is 0 Å². The van der Waals surface area contributed by atoms with Crippen molar-refractivity contribution in [1.82, 2.24) is 0 Å². The molecule has 3 nitrogen and oxygen atoms in total. The van der Waals surface area contributed by atoms with Crippen LogP contribution in [0.25, 0.3) is 0 Å². The average Bonchev–Trinajstić information content (AvgIpc) is 2.28. The number of rotatable bonds is 6. The van der Waals surface area contributed by atoms with E-state index in [1.807, 2.05) is 23.9 Å². The highest BCUT2D eigenvalue weighted by atomic mass is 79.9. The minimum atomic E-state index is 0.312. The number of unbranched alkanes of at least 4 members (excludes halogenated alkanes) is 1. The summed E-state index contributed by atoms with van der Waals surface area (Å²) >= 11 is 5.26. The van der Waals surface area contributed by atoms with Crippen LogP contribution in [-0.4, -0.2) is 16.8 Å². The lowest BCUT2D eigenvalue weighted by Crippen LogP contribution is -2.10. The first-order chi connectivity index (χ1) is 7.72. The number of hydrogen-bond donors (Lipinski definition) is 2. The van der Waals surface area contributed by atoms with Crippen LogP contribution in [-0.2, 0) is 0 Å².